The summed E-state index contributed by atoms with van der Waals surface area (Å²) in [6.07, 6.45) is 13.1. The molecule has 0 aromatic carbocycles. The number of nitrogens with one attached hydrogen (secondary N) is 2. The van der Waals surface area contributed by atoms with Gasteiger partial charge in [-0.1, -0.05) is 12.8 Å². The molecule has 1 aliphatic heterocycles. The van der Waals surface area contributed by atoms with Gasteiger partial charge in [-0.15, -0.1) is 0 Å². The molecule has 0 amide bonds. The SMILES string of the molecule is c1cc(C2CC[C@H]3CCN[C@H]3C2)cc(NCC2CCCC2)n1. The van der Waals surface area contributed by atoms with Gasteiger partial charge in [0.1, 0.15) is 5.82 Å². The Morgan fingerprint density at radius 3 is 2.95 bits per heavy atom. The first-order valence-electron chi connectivity index (χ1n) is 9.31. The van der Waals surface area contributed by atoms with Crippen molar-refractivity contribution in [1.29, 1.82) is 0 Å². The molecule has 3 aliphatic rings. The Labute approximate surface area is 134 Å². The van der Waals surface area contributed by atoms with Crippen molar-refractivity contribution in [2.45, 2.75) is 63.3 Å². The molecular formula is C19H29N3. The van der Waals surface area contributed by atoms with Gasteiger partial charge in [0.05, 0.1) is 0 Å². The van der Waals surface area contributed by atoms with Gasteiger partial charge in [-0.2, -0.15) is 0 Å². The lowest BCUT2D eigenvalue weighted by molar-refractivity contribution is 0.295. The first kappa shape index (κ1) is 14.5. The third-order valence-electron chi connectivity index (χ3n) is 6.22. The van der Waals surface area contributed by atoms with Crippen LogP contribution in [0, 0.1) is 11.8 Å². The van der Waals surface area contributed by atoms with E-state index < -0.39 is 0 Å². The molecule has 3 heteroatoms. The van der Waals surface area contributed by atoms with E-state index in [-0.39, 0.29) is 0 Å². The first-order chi connectivity index (χ1) is 10.9. The van der Waals surface area contributed by atoms with Crippen LogP contribution in [0.4, 0.5) is 5.82 Å². The number of rotatable bonds is 4. The van der Waals surface area contributed by atoms with E-state index in [2.05, 4.69) is 27.8 Å². The smallest absolute Gasteiger partial charge is 0.126 e. The molecule has 3 nitrogen and oxygen atoms in total. The van der Waals surface area contributed by atoms with Crippen LogP contribution in [0.2, 0.25) is 0 Å². The Kier molecular flexibility index (Phi) is 4.33. The highest BCUT2D eigenvalue weighted by atomic mass is 15.0. The molecule has 2 saturated carbocycles. The maximum Gasteiger partial charge on any atom is 0.126 e. The number of nitrogens with zero attached hydrogens (tertiary/aromatic N) is 1. The van der Waals surface area contributed by atoms with Crippen molar-refractivity contribution in [3.8, 4) is 0 Å². The van der Waals surface area contributed by atoms with Gasteiger partial charge in [-0.05, 0) is 80.5 Å². The second kappa shape index (κ2) is 6.57. The van der Waals surface area contributed by atoms with Crippen LogP contribution in [0.15, 0.2) is 18.3 Å². The van der Waals surface area contributed by atoms with E-state index in [1.54, 1.807) is 0 Å². The molecule has 2 N–H and O–H groups in total. The highest BCUT2D eigenvalue weighted by Crippen LogP contribution is 2.39. The minimum atomic E-state index is 0.724. The average Bonchev–Trinajstić information content (AvgIpc) is 3.24. The minimum Gasteiger partial charge on any atom is -0.370 e. The molecule has 1 aromatic rings. The van der Waals surface area contributed by atoms with Crippen molar-refractivity contribution < 1.29 is 0 Å². The van der Waals surface area contributed by atoms with Crippen LogP contribution in [-0.4, -0.2) is 24.1 Å². The Balaban J connectivity index is 1.38. The Morgan fingerprint density at radius 2 is 2.05 bits per heavy atom. The molecule has 1 saturated heterocycles. The van der Waals surface area contributed by atoms with E-state index in [9.17, 15) is 0 Å². The van der Waals surface area contributed by atoms with Gasteiger partial charge in [0.2, 0.25) is 0 Å². The fourth-order valence-corrected chi connectivity index (χ4v) is 4.85. The zero-order chi connectivity index (χ0) is 14.8. The molecule has 3 atom stereocenters. The normalized spacial score (nSPS) is 32.1. The van der Waals surface area contributed by atoms with Gasteiger partial charge < -0.3 is 10.6 Å². The standard InChI is InChI=1S/C19H29N3/c1-2-4-14(3-1)13-22-19-12-17(8-10-21-19)16-6-5-15-7-9-20-18(15)11-16/h8,10,12,14-16,18,20H,1-7,9,11,13H2,(H,21,22)/t15-,16?,18-/m0/s1. The van der Waals surface area contributed by atoms with Crippen molar-refractivity contribution in [3.63, 3.8) is 0 Å². The van der Waals surface area contributed by atoms with E-state index in [1.807, 2.05) is 6.20 Å². The summed E-state index contributed by atoms with van der Waals surface area (Å²) < 4.78 is 0. The van der Waals surface area contributed by atoms with Crippen molar-refractivity contribution >= 4 is 5.82 Å². The monoisotopic (exact) mass is 299 g/mol. The summed E-state index contributed by atoms with van der Waals surface area (Å²) in [4.78, 5) is 4.53. The average molecular weight is 299 g/mol. The van der Waals surface area contributed by atoms with Gasteiger partial charge in [-0.25, -0.2) is 4.98 Å². The molecule has 0 radical (unpaired) electrons. The fourth-order valence-electron chi connectivity index (χ4n) is 4.85. The van der Waals surface area contributed by atoms with Crippen LogP contribution in [0.25, 0.3) is 0 Å². The van der Waals surface area contributed by atoms with Crippen LogP contribution in [0.1, 0.15) is 62.8 Å². The van der Waals surface area contributed by atoms with Gasteiger partial charge in [0.25, 0.3) is 0 Å². The Bertz CT molecular complexity index is 495. The van der Waals surface area contributed by atoms with E-state index in [4.69, 9.17) is 0 Å². The largest absolute Gasteiger partial charge is 0.370 e. The predicted molar refractivity (Wildman–Crippen MR) is 91.2 cm³/mol. The molecule has 22 heavy (non-hydrogen) atoms. The van der Waals surface area contributed by atoms with Crippen molar-refractivity contribution in [3.05, 3.63) is 23.9 Å². The van der Waals surface area contributed by atoms with E-state index in [0.717, 1.165) is 36.2 Å². The molecule has 4 rings (SSSR count). The van der Waals surface area contributed by atoms with Crippen molar-refractivity contribution in [2.75, 3.05) is 18.4 Å². The highest BCUT2D eigenvalue weighted by Gasteiger charge is 2.34. The number of hydrogen-bond acceptors (Lipinski definition) is 3. The van der Waals surface area contributed by atoms with E-state index >= 15 is 0 Å². The molecule has 1 aromatic heterocycles. The lowest BCUT2D eigenvalue weighted by atomic mass is 9.76. The van der Waals surface area contributed by atoms with Gasteiger partial charge in [0, 0.05) is 18.8 Å². The maximum atomic E-state index is 4.53. The lowest BCUT2D eigenvalue weighted by Gasteiger charge is -2.32. The third kappa shape index (κ3) is 3.15. The summed E-state index contributed by atoms with van der Waals surface area (Å²) >= 11 is 0. The second-order valence-corrected chi connectivity index (χ2v) is 7.63. The molecule has 2 aliphatic carbocycles. The van der Waals surface area contributed by atoms with Gasteiger partial charge >= 0.3 is 0 Å². The number of anilines is 1. The molecule has 3 fully saturated rings. The highest BCUT2D eigenvalue weighted by molar-refractivity contribution is 5.39. The number of hydrogen-bond donors (Lipinski definition) is 2. The third-order valence-corrected chi connectivity index (χ3v) is 6.22. The number of pyridine rings is 1. The molecule has 120 valence electrons. The van der Waals surface area contributed by atoms with Crippen LogP contribution in [0.5, 0.6) is 0 Å². The number of aromatic nitrogens is 1. The summed E-state index contributed by atoms with van der Waals surface area (Å²) in [5.74, 6) is 3.62. The van der Waals surface area contributed by atoms with E-state index in [0.29, 0.717) is 0 Å². The van der Waals surface area contributed by atoms with Gasteiger partial charge in [-0.3, -0.25) is 0 Å². The molecule has 1 unspecified atom stereocenters. The maximum absolute atomic E-state index is 4.53. The van der Waals surface area contributed by atoms with Crippen LogP contribution >= 0.6 is 0 Å². The van der Waals surface area contributed by atoms with Crippen LogP contribution in [-0.2, 0) is 0 Å². The Morgan fingerprint density at radius 1 is 1.14 bits per heavy atom. The van der Waals surface area contributed by atoms with Crippen LogP contribution < -0.4 is 10.6 Å². The quantitative estimate of drug-likeness (QED) is 0.884. The van der Waals surface area contributed by atoms with Gasteiger partial charge in [0.15, 0.2) is 0 Å². The van der Waals surface area contributed by atoms with Crippen molar-refractivity contribution in [1.82, 2.24) is 10.3 Å². The summed E-state index contributed by atoms with van der Waals surface area (Å²) in [6, 6.07) is 5.32. The molecular weight excluding hydrogens is 270 g/mol. The summed E-state index contributed by atoms with van der Waals surface area (Å²) in [6.45, 7) is 2.33. The lowest BCUT2D eigenvalue weighted by Crippen LogP contribution is -2.32. The molecule has 0 spiro atoms. The number of fused-ring (bicyclic) bond motifs is 1. The first-order valence-corrected chi connectivity index (χ1v) is 9.31. The topological polar surface area (TPSA) is 37.0 Å². The Hall–Kier alpha value is -1.09. The minimum absolute atomic E-state index is 0.724. The predicted octanol–water partition coefficient (Wildman–Crippen LogP) is 3.93. The zero-order valence-electron chi connectivity index (χ0n) is 13.6. The molecule has 2 heterocycles. The summed E-state index contributed by atoms with van der Waals surface area (Å²) in [5, 5.41) is 7.29. The summed E-state index contributed by atoms with van der Waals surface area (Å²) in [7, 11) is 0. The summed E-state index contributed by atoms with van der Waals surface area (Å²) in [5.41, 5.74) is 1.50. The van der Waals surface area contributed by atoms with Crippen LogP contribution in [0.3, 0.4) is 0 Å². The zero-order valence-corrected chi connectivity index (χ0v) is 13.6. The van der Waals surface area contributed by atoms with E-state index in [1.165, 1.54) is 63.5 Å². The van der Waals surface area contributed by atoms with Crippen molar-refractivity contribution in [2.24, 2.45) is 11.8 Å². The second-order valence-electron chi connectivity index (χ2n) is 7.63. The fraction of sp³-hybridized carbons (Fsp3) is 0.737. The molecule has 0 bridgehead atoms.